The molecule has 0 radical (unpaired) electrons. The zero-order valence-corrected chi connectivity index (χ0v) is 12.8. The highest BCUT2D eigenvalue weighted by atomic mass is 32.2. The van der Waals surface area contributed by atoms with Gasteiger partial charge in [0.25, 0.3) is 0 Å². The van der Waals surface area contributed by atoms with Crippen LogP contribution in [0.15, 0.2) is 0 Å². The topological polar surface area (TPSA) is 60.9 Å². The van der Waals surface area contributed by atoms with Crippen molar-refractivity contribution in [1.82, 2.24) is 9.80 Å². The lowest BCUT2D eigenvalue weighted by atomic mass is 10.1. The number of nitrogens with zero attached hydrogens (tertiary/aromatic N) is 2. The molecule has 1 saturated heterocycles. The van der Waals surface area contributed by atoms with Crippen LogP contribution in [0, 0.1) is 0 Å². The number of amides is 2. The summed E-state index contributed by atoms with van der Waals surface area (Å²) >= 11 is 1.86. The molecule has 1 aliphatic heterocycles. The monoisotopic (exact) mass is 288 g/mol. The van der Waals surface area contributed by atoms with Gasteiger partial charge in [0.05, 0.1) is 6.42 Å². The highest BCUT2D eigenvalue weighted by molar-refractivity contribution is 7.99. The van der Waals surface area contributed by atoms with Crippen LogP contribution in [0.25, 0.3) is 0 Å². The molecule has 110 valence electrons. The van der Waals surface area contributed by atoms with Crippen molar-refractivity contribution in [1.29, 1.82) is 0 Å². The molecular weight excluding hydrogens is 264 g/mol. The van der Waals surface area contributed by atoms with Crippen molar-refractivity contribution in [2.75, 3.05) is 25.9 Å². The number of carboxylic acids is 1. The number of thioether (sulfide) groups is 1. The van der Waals surface area contributed by atoms with Gasteiger partial charge in [0, 0.05) is 30.9 Å². The Bertz CT molecular complexity index is 315. The van der Waals surface area contributed by atoms with Crippen molar-refractivity contribution in [2.24, 2.45) is 0 Å². The third-order valence-corrected chi connectivity index (χ3v) is 4.62. The number of likely N-dealkylation sites (tertiary alicyclic amines) is 1. The van der Waals surface area contributed by atoms with E-state index in [-0.39, 0.29) is 25.0 Å². The van der Waals surface area contributed by atoms with Crippen molar-refractivity contribution >= 4 is 23.8 Å². The quantitative estimate of drug-likeness (QED) is 0.842. The molecule has 0 aromatic heterocycles. The molecule has 1 rings (SSSR count). The number of piperidine rings is 1. The molecule has 0 aliphatic carbocycles. The number of hydrogen-bond acceptors (Lipinski definition) is 3. The van der Waals surface area contributed by atoms with Gasteiger partial charge in [0.1, 0.15) is 0 Å². The van der Waals surface area contributed by atoms with Gasteiger partial charge in [-0.15, -0.1) is 0 Å². The lowest BCUT2D eigenvalue weighted by molar-refractivity contribution is -0.137. The molecule has 1 aliphatic rings. The molecular formula is C13H24N2O3S. The lowest BCUT2D eigenvalue weighted by Crippen LogP contribution is -2.50. The van der Waals surface area contributed by atoms with E-state index < -0.39 is 5.97 Å². The maximum Gasteiger partial charge on any atom is 0.320 e. The molecule has 1 fully saturated rings. The second-order valence-electron chi connectivity index (χ2n) is 5.14. The number of urea groups is 1. The minimum absolute atomic E-state index is 0.00516. The van der Waals surface area contributed by atoms with Gasteiger partial charge in [0.15, 0.2) is 0 Å². The Morgan fingerprint density at radius 2 is 1.95 bits per heavy atom. The fourth-order valence-corrected chi connectivity index (χ4v) is 2.94. The largest absolute Gasteiger partial charge is 0.481 e. The summed E-state index contributed by atoms with van der Waals surface area (Å²) in [5.74, 6) is -0.862. The first-order valence-electron chi connectivity index (χ1n) is 6.75. The number of carboxylic acid groups (broad SMARTS) is 1. The van der Waals surface area contributed by atoms with Gasteiger partial charge in [-0.25, -0.2) is 4.79 Å². The Kier molecular flexibility index (Phi) is 6.48. The van der Waals surface area contributed by atoms with E-state index in [0.717, 1.165) is 25.9 Å². The van der Waals surface area contributed by atoms with E-state index in [2.05, 4.69) is 6.26 Å². The summed E-state index contributed by atoms with van der Waals surface area (Å²) in [5, 5.41) is 9.40. The molecule has 0 atom stereocenters. The van der Waals surface area contributed by atoms with Crippen LogP contribution in [0.5, 0.6) is 0 Å². The molecule has 5 nitrogen and oxygen atoms in total. The van der Waals surface area contributed by atoms with Crippen LogP contribution >= 0.6 is 11.8 Å². The molecule has 1 N–H and O–H groups in total. The zero-order chi connectivity index (χ0) is 14.4. The fraction of sp³-hybridized carbons (Fsp3) is 0.846. The maximum absolute atomic E-state index is 12.4. The summed E-state index contributed by atoms with van der Waals surface area (Å²) < 4.78 is 0. The van der Waals surface area contributed by atoms with Crippen LogP contribution in [0.4, 0.5) is 4.79 Å². The van der Waals surface area contributed by atoms with Gasteiger partial charge in [-0.05, 0) is 32.9 Å². The van der Waals surface area contributed by atoms with E-state index in [4.69, 9.17) is 5.11 Å². The van der Waals surface area contributed by atoms with Crippen molar-refractivity contribution < 1.29 is 14.7 Å². The number of carbonyl (C=O) groups is 2. The summed E-state index contributed by atoms with van der Waals surface area (Å²) in [5.41, 5.74) is 0. The summed E-state index contributed by atoms with van der Waals surface area (Å²) in [6, 6.07) is 0.0147. The van der Waals surface area contributed by atoms with Crippen molar-refractivity contribution in [2.45, 2.75) is 44.4 Å². The molecule has 19 heavy (non-hydrogen) atoms. The second kappa shape index (κ2) is 7.62. The van der Waals surface area contributed by atoms with Crippen LogP contribution in [0.1, 0.15) is 33.1 Å². The standard InChI is InChI=1S/C13H24N2O3S/c1-10(2)15(9-6-12(16)17)13(18)14-7-4-11(19-3)5-8-14/h10-11H,4-9H2,1-3H3,(H,16,17). The van der Waals surface area contributed by atoms with Crippen LogP contribution in [0.3, 0.4) is 0 Å². The minimum atomic E-state index is -0.862. The van der Waals surface area contributed by atoms with Crippen molar-refractivity contribution in [3.63, 3.8) is 0 Å². The molecule has 2 amide bonds. The number of aliphatic carboxylic acids is 1. The maximum atomic E-state index is 12.4. The van der Waals surface area contributed by atoms with Crippen molar-refractivity contribution in [3.05, 3.63) is 0 Å². The molecule has 6 heteroatoms. The Morgan fingerprint density at radius 3 is 2.37 bits per heavy atom. The van der Waals surface area contributed by atoms with Crippen molar-refractivity contribution in [3.8, 4) is 0 Å². The van der Waals surface area contributed by atoms with Gasteiger partial charge in [-0.1, -0.05) is 0 Å². The average molecular weight is 288 g/mol. The number of hydrogen-bond donors (Lipinski definition) is 1. The fourth-order valence-electron chi connectivity index (χ4n) is 2.26. The molecule has 0 aromatic carbocycles. The van der Waals surface area contributed by atoms with E-state index in [1.807, 2.05) is 30.5 Å². The van der Waals surface area contributed by atoms with E-state index in [0.29, 0.717) is 5.25 Å². The summed E-state index contributed by atoms with van der Waals surface area (Å²) in [6.45, 7) is 5.69. The molecule has 0 spiro atoms. The predicted molar refractivity (Wildman–Crippen MR) is 77.6 cm³/mol. The first kappa shape index (κ1) is 16.1. The Morgan fingerprint density at radius 1 is 1.37 bits per heavy atom. The highest BCUT2D eigenvalue weighted by Crippen LogP contribution is 2.22. The van der Waals surface area contributed by atoms with E-state index in [9.17, 15) is 9.59 Å². The molecule has 0 unspecified atom stereocenters. The van der Waals surface area contributed by atoms with Gasteiger partial charge < -0.3 is 14.9 Å². The third-order valence-electron chi connectivity index (χ3n) is 3.48. The molecule has 0 bridgehead atoms. The van der Waals surface area contributed by atoms with Crippen LogP contribution in [-0.2, 0) is 4.79 Å². The SMILES string of the molecule is CSC1CCN(C(=O)N(CCC(=O)O)C(C)C)CC1. The average Bonchev–Trinajstić information content (AvgIpc) is 2.38. The minimum Gasteiger partial charge on any atom is -0.481 e. The van der Waals surface area contributed by atoms with E-state index in [1.165, 1.54) is 0 Å². The van der Waals surface area contributed by atoms with E-state index in [1.54, 1.807) is 4.90 Å². The van der Waals surface area contributed by atoms with E-state index >= 15 is 0 Å². The Labute approximate surface area is 119 Å². The van der Waals surface area contributed by atoms with Gasteiger partial charge in [-0.2, -0.15) is 11.8 Å². The van der Waals surface area contributed by atoms with Crippen LogP contribution < -0.4 is 0 Å². The lowest BCUT2D eigenvalue weighted by Gasteiger charge is -2.36. The zero-order valence-electron chi connectivity index (χ0n) is 12.0. The Balaban J connectivity index is 2.54. The normalized spacial score (nSPS) is 16.7. The van der Waals surface area contributed by atoms with Gasteiger partial charge in [0.2, 0.25) is 0 Å². The smallest absolute Gasteiger partial charge is 0.320 e. The Hall–Kier alpha value is -0.910. The summed E-state index contributed by atoms with van der Waals surface area (Å²) in [6.07, 6.45) is 4.16. The first-order chi connectivity index (χ1) is 8.95. The number of carbonyl (C=O) groups excluding carboxylic acids is 1. The molecule has 0 aromatic rings. The third kappa shape index (κ3) is 4.93. The van der Waals surface area contributed by atoms with Gasteiger partial charge in [-0.3, -0.25) is 4.79 Å². The molecule has 1 heterocycles. The second-order valence-corrected chi connectivity index (χ2v) is 6.27. The van der Waals surface area contributed by atoms with Crippen LogP contribution in [0.2, 0.25) is 0 Å². The summed E-state index contributed by atoms with van der Waals surface area (Å²) in [4.78, 5) is 26.6. The first-order valence-corrected chi connectivity index (χ1v) is 8.04. The summed E-state index contributed by atoms with van der Waals surface area (Å²) in [7, 11) is 0. The predicted octanol–water partition coefficient (Wildman–Crippen LogP) is 2.12. The van der Waals surface area contributed by atoms with Gasteiger partial charge >= 0.3 is 12.0 Å². The van der Waals surface area contributed by atoms with Crippen LogP contribution in [-0.4, -0.2) is 64.1 Å². The molecule has 0 saturated carbocycles. The number of rotatable bonds is 5. The highest BCUT2D eigenvalue weighted by Gasteiger charge is 2.27.